The largest absolute Gasteiger partial charge is 0.341 e. The molecule has 2 atom stereocenters. The van der Waals surface area contributed by atoms with Gasteiger partial charge in [-0.05, 0) is 12.0 Å². The second-order valence-corrected chi connectivity index (χ2v) is 4.13. The molecule has 1 saturated heterocycles. The first-order valence-corrected chi connectivity index (χ1v) is 5.68. The van der Waals surface area contributed by atoms with Gasteiger partial charge in [-0.15, -0.1) is 0 Å². The second-order valence-electron chi connectivity index (χ2n) is 4.13. The van der Waals surface area contributed by atoms with E-state index >= 15 is 0 Å². The molecule has 0 unspecified atom stereocenters. The minimum atomic E-state index is -0.680. The van der Waals surface area contributed by atoms with E-state index in [1.165, 1.54) is 0 Å². The molecule has 1 fully saturated rings. The fourth-order valence-corrected chi connectivity index (χ4v) is 1.69. The van der Waals surface area contributed by atoms with Crippen LogP contribution in [0.15, 0.2) is 30.3 Å². The number of nitrogens with two attached hydrogens (primary N) is 1. The Morgan fingerprint density at radius 1 is 1.50 bits per heavy atom. The Morgan fingerprint density at radius 2 is 2.22 bits per heavy atom. The molecule has 0 spiro atoms. The Balaban J connectivity index is 1.87. The van der Waals surface area contributed by atoms with Crippen molar-refractivity contribution in [2.75, 3.05) is 6.61 Å². The third-order valence-corrected chi connectivity index (χ3v) is 2.69. The molecule has 4 N–H and O–H groups in total. The van der Waals surface area contributed by atoms with Crippen molar-refractivity contribution in [3.63, 3.8) is 0 Å². The van der Waals surface area contributed by atoms with Crippen LogP contribution < -0.4 is 16.5 Å². The van der Waals surface area contributed by atoms with Gasteiger partial charge in [0.1, 0.15) is 12.6 Å². The van der Waals surface area contributed by atoms with Crippen LogP contribution in [0, 0.1) is 0 Å². The summed E-state index contributed by atoms with van der Waals surface area (Å²) < 4.78 is 0. The van der Waals surface area contributed by atoms with Crippen molar-refractivity contribution in [2.24, 2.45) is 5.73 Å². The molecule has 2 rings (SSSR count). The number of hydrogen-bond acceptors (Lipinski definition) is 4. The molecule has 0 aliphatic carbocycles. The Bertz CT molecular complexity index is 435. The lowest BCUT2D eigenvalue weighted by molar-refractivity contribution is -0.129. The highest BCUT2D eigenvalue weighted by atomic mass is 16.7. The first kappa shape index (κ1) is 12.5. The van der Waals surface area contributed by atoms with Crippen LogP contribution >= 0.6 is 0 Å². The monoisotopic (exact) mass is 249 g/mol. The Hall–Kier alpha value is -1.92. The summed E-state index contributed by atoms with van der Waals surface area (Å²) in [6.07, 6.45) is 0.432. The number of amides is 2. The van der Waals surface area contributed by atoms with Crippen LogP contribution in [-0.4, -0.2) is 30.5 Å². The first-order valence-electron chi connectivity index (χ1n) is 5.68. The van der Waals surface area contributed by atoms with Crippen molar-refractivity contribution in [3.05, 3.63) is 35.9 Å². The van der Waals surface area contributed by atoms with E-state index in [0.717, 1.165) is 5.56 Å². The van der Waals surface area contributed by atoms with E-state index in [4.69, 9.17) is 10.6 Å². The van der Waals surface area contributed by atoms with Gasteiger partial charge >= 0.3 is 0 Å². The lowest BCUT2D eigenvalue weighted by Crippen LogP contribution is -2.49. The van der Waals surface area contributed by atoms with Crippen LogP contribution in [0.3, 0.4) is 0 Å². The molecule has 96 valence electrons. The molecule has 0 aromatic heterocycles. The van der Waals surface area contributed by atoms with Gasteiger partial charge in [0.25, 0.3) is 5.91 Å². The maximum absolute atomic E-state index is 11.8. The summed E-state index contributed by atoms with van der Waals surface area (Å²) in [6, 6.07) is 8.14. The fourth-order valence-electron chi connectivity index (χ4n) is 1.69. The van der Waals surface area contributed by atoms with Crippen LogP contribution in [0.4, 0.5) is 0 Å². The van der Waals surface area contributed by atoms with Crippen LogP contribution in [0.1, 0.15) is 5.56 Å². The zero-order valence-corrected chi connectivity index (χ0v) is 9.76. The normalized spacial score (nSPS) is 20.3. The van der Waals surface area contributed by atoms with E-state index in [1.54, 1.807) is 0 Å². The second kappa shape index (κ2) is 5.61. The number of nitrogens with one attached hydrogen (secondary N) is 2. The maximum Gasteiger partial charge on any atom is 0.268 e. The number of rotatable bonds is 4. The zero-order valence-electron chi connectivity index (χ0n) is 9.76. The third-order valence-electron chi connectivity index (χ3n) is 2.69. The molecule has 0 bridgehead atoms. The molecule has 2 amide bonds. The summed E-state index contributed by atoms with van der Waals surface area (Å²) in [5.74, 6) is -0.709. The summed E-state index contributed by atoms with van der Waals surface area (Å²) in [4.78, 5) is 27.7. The minimum Gasteiger partial charge on any atom is -0.341 e. The standard InChI is InChI=1S/C12H15N3O3/c13-9(6-8-4-2-1-3-5-8)11(16)14-10-7-18-15-12(10)17/h1-5,9-10H,6-7,13H2,(H,14,16)(H,15,17)/t9-,10+/m0/s1. The summed E-state index contributed by atoms with van der Waals surface area (Å²) in [5, 5.41) is 2.55. The number of carbonyl (C=O) groups is 2. The van der Waals surface area contributed by atoms with Crippen molar-refractivity contribution in [3.8, 4) is 0 Å². The van der Waals surface area contributed by atoms with Crippen LogP contribution in [0.25, 0.3) is 0 Å². The van der Waals surface area contributed by atoms with Gasteiger partial charge in [0.05, 0.1) is 6.04 Å². The Labute approximate surface area is 104 Å². The predicted octanol–water partition coefficient (Wildman–Crippen LogP) is -0.897. The molecule has 18 heavy (non-hydrogen) atoms. The van der Waals surface area contributed by atoms with E-state index in [9.17, 15) is 9.59 Å². The average Bonchev–Trinajstić information content (AvgIpc) is 2.76. The SMILES string of the molecule is N[C@@H](Cc1ccccc1)C(=O)N[C@@H]1CONC1=O. The van der Waals surface area contributed by atoms with E-state index in [2.05, 4.69) is 10.8 Å². The van der Waals surface area contributed by atoms with E-state index < -0.39 is 12.1 Å². The van der Waals surface area contributed by atoms with Crippen LogP contribution in [0.5, 0.6) is 0 Å². The topological polar surface area (TPSA) is 93.5 Å². The molecule has 6 heteroatoms. The van der Waals surface area contributed by atoms with Gasteiger partial charge in [-0.25, -0.2) is 5.48 Å². The molecular weight excluding hydrogens is 234 g/mol. The van der Waals surface area contributed by atoms with Gasteiger partial charge in [0.15, 0.2) is 0 Å². The van der Waals surface area contributed by atoms with E-state index in [1.807, 2.05) is 30.3 Å². The quantitative estimate of drug-likeness (QED) is 0.645. The van der Waals surface area contributed by atoms with Crippen molar-refractivity contribution < 1.29 is 14.4 Å². The zero-order chi connectivity index (χ0) is 13.0. The van der Waals surface area contributed by atoms with Crippen LogP contribution in [0.2, 0.25) is 0 Å². The number of hydroxylamine groups is 1. The fraction of sp³-hybridized carbons (Fsp3) is 0.333. The predicted molar refractivity (Wildman–Crippen MR) is 64.1 cm³/mol. The lowest BCUT2D eigenvalue weighted by Gasteiger charge is -2.14. The molecular formula is C12H15N3O3. The van der Waals surface area contributed by atoms with Crippen molar-refractivity contribution in [1.82, 2.24) is 10.8 Å². The van der Waals surface area contributed by atoms with Gasteiger partial charge in [0, 0.05) is 0 Å². The smallest absolute Gasteiger partial charge is 0.268 e. The average molecular weight is 249 g/mol. The van der Waals surface area contributed by atoms with Gasteiger partial charge in [0.2, 0.25) is 5.91 Å². The Morgan fingerprint density at radius 3 is 2.83 bits per heavy atom. The highest BCUT2D eigenvalue weighted by Gasteiger charge is 2.28. The van der Waals surface area contributed by atoms with Gasteiger partial charge in [-0.1, -0.05) is 30.3 Å². The molecule has 1 aromatic rings. The number of benzene rings is 1. The molecule has 1 aliphatic heterocycles. The molecule has 0 radical (unpaired) electrons. The summed E-state index contributed by atoms with van der Waals surface area (Å²) >= 11 is 0. The van der Waals surface area contributed by atoms with Crippen molar-refractivity contribution in [1.29, 1.82) is 0 Å². The van der Waals surface area contributed by atoms with Crippen LogP contribution in [-0.2, 0) is 20.8 Å². The van der Waals surface area contributed by atoms with E-state index in [-0.39, 0.29) is 18.4 Å². The molecule has 0 saturated carbocycles. The minimum absolute atomic E-state index is 0.128. The first-order chi connectivity index (χ1) is 8.66. The molecule has 1 aromatic carbocycles. The molecule has 6 nitrogen and oxygen atoms in total. The molecule has 1 heterocycles. The van der Waals surface area contributed by atoms with Gasteiger partial charge in [-0.3, -0.25) is 14.4 Å². The molecule has 1 aliphatic rings. The highest BCUT2D eigenvalue weighted by molar-refractivity contribution is 5.90. The lowest BCUT2D eigenvalue weighted by atomic mass is 10.1. The third kappa shape index (κ3) is 3.06. The van der Waals surface area contributed by atoms with Crippen molar-refractivity contribution in [2.45, 2.75) is 18.5 Å². The highest BCUT2D eigenvalue weighted by Crippen LogP contribution is 2.02. The van der Waals surface area contributed by atoms with Gasteiger partial charge < -0.3 is 11.1 Å². The maximum atomic E-state index is 11.8. The summed E-state index contributed by atoms with van der Waals surface area (Å²) in [7, 11) is 0. The van der Waals surface area contributed by atoms with Gasteiger partial charge in [-0.2, -0.15) is 0 Å². The number of carbonyl (C=O) groups excluding carboxylic acids is 2. The van der Waals surface area contributed by atoms with E-state index in [0.29, 0.717) is 6.42 Å². The Kier molecular flexibility index (Phi) is 3.91. The van der Waals surface area contributed by atoms with Crippen molar-refractivity contribution >= 4 is 11.8 Å². The summed E-state index contributed by atoms with van der Waals surface area (Å²) in [5.41, 5.74) is 8.94. The number of hydrogen-bond donors (Lipinski definition) is 3. The summed E-state index contributed by atoms with van der Waals surface area (Å²) in [6.45, 7) is 0.128.